The molecule has 0 aliphatic carbocycles. The van der Waals surface area contributed by atoms with Crippen molar-refractivity contribution in [2.24, 2.45) is 10.7 Å². The van der Waals surface area contributed by atoms with Gasteiger partial charge >= 0.3 is 6.03 Å². The van der Waals surface area contributed by atoms with E-state index in [2.05, 4.69) is 27.9 Å². The van der Waals surface area contributed by atoms with E-state index >= 15 is 0 Å². The van der Waals surface area contributed by atoms with E-state index in [4.69, 9.17) is 5.73 Å². The van der Waals surface area contributed by atoms with Crippen LogP contribution in [-0.2, 0) is 6.54 Å². The zero-order valence-electron chi connectivity index (χ0n) is 13.3. The Morgan fingerprint density at radius 1 is 1.27 bits per heavy atom. The minimum absolute atomic E-state index is 0. The number of hydrogen-bond acceptors (Lipinski definition) is 2. The molecule has 0 aliphatic heterocycles. The quantitative estimate of drug-likeness (QED) is 0.325. The number of urea groups is 1. The van der Waals surface area contributed by atoms with E-state index in [1.165, 1.54) is 0 Å². The van der Waals surface area contributed by atoms with E-state index in [1.807, 2.05) is 38.1 Å². The van der Waals surface area contributed by atoms with E-state index in [0.29, 0.717) is 12.5 Å². The van der Waals surface area contributed by atoms with Crippen LogP contribution in [0, 0.1) is 0 Å². The fourth-order valence-electron chi connectivity index (χ4n) is 1.61. The second kappa shape index (κ2) is 11.1. The lowest BCUT2D eigenvalue weighted by Crippen LogP contribution is -2.34. The summed E-state index contributed by atoms with van der Waals surface area (Å²) in [6.45, 7) is 7.24. The molecule has 7 heteroatoms. The zero-order chi connectivity index (χ0) is 15.7. The third kappa shape index (κ3) is 8.71. The highest BCUT2D eigenvalue weighted by Crippen LogP contribution is 2.10. The van der Waals surface area contributed by atoms with Gasteiger partial charge in [0.2, 0.25) is 0 Å². The number of nitrogens with zero attached hydrogens (tertiary/aromatic N) is 1. The Labute approximate surface area is 149 Å². The highest BCUT2D eigenvalue weighted by Gasteiger charge is 2.03. The third-order valence-electron chi connectivity index (χ3n) is 2.62. The number of carbonyl (C=O) groups excluding carboxylic acids is 1. The van der Waals surface area contributed by atoms with E-state index in [1.54, 1.807) is 0 Å². The number of guanidine groups is 1. The molecule has 1 aromatic carbocycles. The van der Waals surface area contributed by atoms with Gasteiger partial charge in [0, 0.05) is 18.3 Å². The Morgan fingerprint density at radius 2 is 1.91 bits per heavy atom. The summed E-state index contributed by atoms with van der Waals surface area (Å²) in [6, 6.07) is 7.44. The van der Waals surface area contributed by atoms with Crippen LogP contribution in [0.4, 0.5) is 10.5 Å². The smallest absolute Gasteiger partial charge is 0.319 e. The molecule has 6 nitrogen and oxygen atoms in total. The predicted molar refractivity (Wildman–Crippen MR) is 103 cm³/mol. The zero-order valence-corrected chi connectivity index (χ0v) is 15.7. The van der Waals surface area contributed by atoms with Crippen molar-refractivity contribution in [2.75, 3.05) is 11.9 Å². The summed E-state index contributed by atoms with van der Waals surface area (Å²) in [5.74, 6) is 0.454. The first kappa shape index (κ1) is 20.5. The van der Waals surface area contributed by atoms with Crippen molar-refractivity contribution in [1.82, 2.24) is 10.6 Å². The number of carbonyl (C=O) groups is 1. The molecule has 5 N–H and O–H groups in total. The van der Waals surface area contributed by atoms with E-state index < -0.39 is 0 Å². The van der Waals surface area contributed by atoms with Gasteiger partial charge in [0.05, 0.1) is 6.54 Å². The minimum atomic E-state index is -0.205. The maximum Gasteiger partial charge on any atom is 0.319 e. The molecule has 1 rings (SSSR count). The van der Waals surface area contributed by atoms with Gasteiger partial charge in [-0.25, -0.2) is 9.79 Å². The highest BCUT2D eigenvalue weighted by molar-refractivity contribution is 14.0. The molecule has 22 heavy (non-hydrogen) atoms. The van der Waals surface area contributed by atoms with Gasteiger partial charge in [0.25, 0.3) is 0 Å². The van der Waals surface area contributed by atoms with Crippen LogP contribution in [0.2, 0.25) is 0 Å². The van der Waals surface area contributed by atoms with E-state index in [0.717, 1.165) is 24.2 Å². The maximum atomic E-state index is 11.6. The normalized spacial score (nSPS) is 10.8. The molecular formula is C15H26IN5O. The standard InChI is InChI=1S/C15H25N5O.HI/c1-4-9-17-14(16)18-10-12-5-7-13(8-6-12)20-15(21)19-11(2)3;/h5-8,11H,4,9-10H2,1-3H3,(H3,16,17,18)(H2,19,20,21);1H. The Hall–Kier alpha value is -1.51. The Bertz CT molecular complexity index is 473. The number of nitrogens with two attached hydrogens (primary N) is 1. The Balaban J connectivity index is 0.00000441. The molecule has 0 aliphatic rings. The number of rotatable bonds is 6. The van der Waals surface area contributed by atoms with Crippen LogP contribution in [0.3, 0.4) is 0 Å². The topological polar surface area (TPSA) is 91.5 Å². The Kier molecular flexibility index (Phi) is 10.3. The number of aliphatic imine (C=N–C) groups is 1. The van der Waals surface area contributed by atoms with E-state index in [9.17, 15) is 4.79 Å². The molecule has 0 unspecified atom stereocenters. The van der Waals surface area contributed by atoms with Gasteiger partial charge in [-0.3, -0.25) is 0 Å². The monoisotopic (exact) mass is 419 g/mol. The summed E-state index contributed by atoms with van der Waals surface area (Å²) in [7, 11) is 0. The molecule has 2 amide bonds. The molecule has 0 bridgehead atoms. The molecule has 0 fully saturated rings. The molecule has 0 saturated carbocycles. The average molecular weight is 419 g/mol. The average Bonchev–Trinajstić information content (AvgIpc) is 2.43. The molecule has 1 aromatic rings. The maximum absolute atomic E-state index is 11.6. The molecule has 0 aromatic heterocycles. The van der Waals surface area contributed by atoms with Crippen LogP contribution in [0.15, 0.2) is 29.3 Å². The van der Waals surface area contributed by atoms with Gasteiger partial charge in [-0.15, -0.1) is 24.0 Å². The minimum Gasteiger partial charge on any atom is -0.370 e. The molecule has 0 radical (unpaired) electrons. The second-order valence-electron chi connectivity index (χ2n) is 5.08. The summed E-state index contributed by atoms with van der Waals surface area (Å²) in [4.78, 5) is 15.8. The van der Waals surface area contributed by atoms with Gasteiger partial charge in [-0.05, 0) is 38.0 Å². The third-order valence-corrected chi connectivity index (χ3v) is 2.62. The van der Waals surface area contributed by atoms with Gasteiger partial charge in [0.1, 0.15) is 0 Å². The van der Waals surface area contributed by atoms with Gasteiger partial charge in [0.15, 0.2) is 5.96 Å². The number of amides is 2. The fourth-order valence-corrected chi connectivity index (χ4v) is 1.61. The summed E-state index contributed by atoms with van der Waals surface area (Å²) in [5, 5.41) is 8.56. The van der Waals surface area contributed by atoms with Crippen LogP contribution in [0.1, 0.15) is 32.8 Å². The van der Waals surface area contributed by atoms with Crippen LogP contribution < -0.4 is 21.7 Å². The van der Waals surface area contributed by atoms with E-state index in [-0.39, 0.29) is 36.0 Å². The van der Waals surface area contributed by atoms with Crippen molar-refractivity contribution in [3.05, 3.63) is 29.8 Å². The fraction of sp³-hybridized carbons (Fsp3) is 0.467. The van der Waals surface area contributed by atoms with Crippen molar-refractivity contribution < 1.29 is 4.79 Å². The number of benzene rings is 1. The number of anilines is 1. The second-order valence-corrected chi connectivity index (χ2v) is 5.08. The summed E-state index contributed by atoms with van der Waals surface area (Å²) in [6.07, 6.45) is 1.01. The summed E-state index contributed by atoms with van der Waals surface area (Å²) in [5.41, 5.74) is 7.50. The molecular weight excluding hydrogens is 393 g/mol. The molecule has 0 heterocycles. The largest absolute Gasteiger partial charge is 0.370 e. The van der Waals surface area contributed by atoms with Crippen molar-refractivity contribution in [2.45, 2.75) is 39.8 Å². The van der Waals surface area contributed by atoms with Crippen LogP contribution in [0.25, 0.3) is 0 Å². The molecule has 0 spiro atoms. The lowest BCUT2D eigenvalue weighted by molar-refractivity contribution is 0.250. The lowest BCUT2D eigenvalue weighted by atomic mass is 10.2. The van der Waals surface area contributed by atoms with Crippen LogP contribution in [-0.4, -0.2) is 24.6 Å². The highest BCUT2D eigenvalue weighted by atomic mass is 127. The summed E-state index contributed by atoms with van der Waals surface area (Å²) >= 11 is 0. The van der Waals surface area contributed by atoms with Crippen molar-refractivity contribution in [1.29, 1.82) is 0 Å². The van der Waals surface area contributed by atoms with Crippen LogP contribution in [0.5, 0.6) is 0 Å². The van der Waals surface area contributed by atoms with Gasteiger partial charge in [-0.1, -0.05) is 19.1 Å². The Morgan fingerprint density at radius 3 is 2.45 bits per heavy atom. The van der Waals surface area contributed by atoms with Crippen molar-refractivity contribution in [3.8, 4) is 0 Å². The van der Waals surface area contributed by atoms with Gasteiger partial charge < -0.3 is 21.7 Å². The predicted octanol–water partition coefficient (Wildman–Crippen LogP) is 2.65. The number of hydrogen-bond donors (Lipinski definition) is 4. The van der Waals surface area contributed by atoms with Crippen molar-refractivity contribution in [3.63, 3.8) is 0 Å². The van der Waals surface area contributed by atoms with Crippen molar-refractivity contribution >= 4 is 41.7 Å². The van der Waals surface area contributed by atoms with Crippen LogP contribution >= 0.6 is 24.0 Å². The first-order valence-electron chi connectivity index (χ1n) is 7.21. The first-order valence-corrected chi connectivity index (χ1v) is 7.21. The molecule has 0 atom stereocenters. The number of nitrogens with one attached hydrogen (secondary N) is 3. The lowest BCUT2D eigenvalue weighted by Gasteiger charge is -2.10. The first-order chi connectivity index (χ1) is 10.0. The SMILES string of the molecule is CCCNC(N)=NCc1ccc(NC(=O)NC(C)C)cc1.I. The molecule has 124 valence electrons. The van der Waals surface area contributed by atoms with Gasteiger partial charge in [-0.2, -0.15) is 0 Å². The summed E-state index contributed by atoms with van der Waals surface area (Å²) < 4.78 is 0. The molecule has 0 saturated heterocycles. The number of halogens is 1.